The van der Waals surface area contributed by atoms with Crippen molar-refractivity contribution in [2.24, 2.45) is 0 Å². The molecule has 1 aliphatic heterocycles. The number of carbonyl (C=O) groups is 1. The molecule has 116 valence electrons. The van der Waals surface area contributed by atoms with Crippen LogP contribution in [0.25, 0.3) is 0 Å². The average Bonchev–Trinajstić information content (AvgIpc) is 2.35. The second-order valence-corrected chi connectivity index (χ2v) is 3.43. The van der Waals surface area contributed by atoms with Crippen molar-refractivity contribution in [1.29, 1.82) is 0 Å². The van der Waals surface area contributed by atoms with Crippen LogP contribution in [0.1, 0.15) is 0 Å². The van der Waals surface area contributed by atoms with Gasteiger partial charge in [0.1, 0.15) is 0 Å². The van der Waals surface area contributed by atoms with Gasteiger partial charge in [0, 0.05) is 0 Å². The van der Waals surface area contributed by atoms with Crippen LogP contribution in [0.2, 0.25) is 0 Å². The Morgan fingerprint density at radius 1 is 0.850 bits per heavy atom. The number of nitrogens with one attached hydrogen (secondary N) is 1. The maximum atomic E-state index is 13.4. The van der Waals surface area contributed by atoms with E-state index in [0.29, 0.717) is 0 Å². The highest BCUT2D eigenvalue weighted by molar-refractivity contribution is 5.82. The van der Waals surface area contributed by atoms with Crippen LogP contribution in [0.3, 0.4) is 0 Å². The Kier molecular flexibility index (Phi) is 3.50. The first-order valence-electron chi connectivity index (χ1n) is 4.25. The third-order valence-electron chi connectivity index (χ3n) is 2.16. The molecule has 0 spiro atoms. The Morgan fingerprint density at radius 3 is 1.60 bits per heavy atom. The number of esters is 1. The van der Waals surface area contributed by atoms with E-state index in [4.69, 9.17) is 0 Å². The van der Waals surface area contributed by atoms with Crippen LogP contribution in [-0.4, -0.2) is 29.7 Å². The van der Waals surface area contributed by atoms with Crippen molar-refractivity contribution in [3.63, 3.8) is 0 Å². The number of hydrogen-bond acceptors (Lipinski definition) is 3. The van der Waals surface area contributed by atoms with Crippen LogP contribution < -0.4 is 5.32 Å². The third-order valence-corrected chi connectivity index (χ3v) is 2.16. The van der Waals surface area contributed by atoms with Crippen LogP contribution >= 0.6 is 0 Å². The molecular formula is C7HF10NO2. The van der Waals surface area contributed by atoms with Gasteiger partial charge < -0.3 is 4.74 Å². The van der Waals surface area contributed by atoms with Crippen LogP contribution in [-0.2, 0) is 9.53 Å². The van der Waals surface area contributed by atoms with E-state index in [2.05, 4.69) is 4.74 Å². The lowest BCUT2D eigenvalue weighted by Crippen LogP contribution is -2.58. The number of ether oxygens (including phenoxy) is 1. The molecule has 0 aliphatic carbocycles. The summed E-state index contributed by atoms with van der Waals surface area (Å²) in [5, 5.41) is -0.377. The predicted molar refractivity (Wildman–Crippen MR) is 38.3 cm³/mol. The summed E-state index contributed by atoms with van der Waals surface area (Å²) in [7, 11) is 0. The number of halogens is 10. The summed E-state index contributed by atoms with van der Waals surface area (Å²) in [5.74, 6) is -21.8. The summed E-state index contributed by atoms with van der Waals surface area (Å²) in [4.78, 5) is 10.7. The first-order chi connectivity index (χ1) is 8.71. The minimum Gasteiger partial charge on any atom is -0.391 e. The monoisotopic (exact) mass is 321 g/mol. The van der Waals surface area contributed by atoms with Gasteiger partial charge in [0.05, 0.1) is 0 Å². The van der Waals surface area contributed by atoms with Gasteiger partial charge in [-0.05, 0) is 0 Å². The van der Waals surface area contributed by atoms with Crippen molar-refractivity contribution >= 4 is 5.97 Å². The molecule has 0 amide bonds. The molecule has 0 radical (unpaired) electrons. The van der Waals surface area contributed by atoms with Crippen LogP contribution in [0.5, 0.6) is 0 Å². The molecule has 1 fully saturated rings. The van der Waals surface area contributed by atoms with Crippen LogP contribution in [0.15, 0.2) is 12.1 Å². The highest BCUT2D eigenvalue weighted by Gasteiger charge is 2.90. The van der Waals surface area contributed by atoms with Gasteiger partial charge in [-0.25, -0.2) is 14.5 Å². The molecule has 1 rings (SSSR count). The Balaban J connectivity index is 3.24. The third kappa shape index (κ3) is 1.91. The molecule has 0 aromatic carbocycles. The van der Waals surface area contributed by atoms with E-state index >= 15 is 0 Å². The lowest BCUT2D eigenvalue weighted by atomic mass is 10.1. The van der Waals surface area contributed by atoms with Gasteiger partial charge in [0.2, 0.25) is 0 Å². The molecule has 0 unspecified atom stereocenters. The van der Waals surface area contributed by atoms with Crippen molar-refractivity contribution in [3.05, 3.63) is 12.1 Å². The van der Waals surface area contributed by atoms with Gasteiger partial charge in [-0.1, -0.05) is 0 Å². The van der Waals surface area contributed by atoms with E-state index in [9.17, 15) is 48.7 Å². The molecule has 1 atom stereocenters. The summed E-state index contributed by atoms with van der Waals surface area (Å²) in [6.45, 7) is 0. The standard InChI is InChI=1S/C7HF10NO2/c8-1(9)2(10)20-3(19)4(11)5(12,13)6(14,15)7(16,17)18-4/h18H/t4-/m0/s1. The lowest BCUT2D eigenvalue weighted by molar-refractivity contribution is -0.287. The number of rotatable bonds is 2. The summed E-state index contributed by atoms with van der Waals surface area (Å²) in [6.07, 6.45) is -3.43. The maximum Gasteiger partial charge on any atom is 0.391 e. The first kappa shape index (κ1) is 16.5. The molecule has 1 heterocycles. The zero-order valence-corrected chi connectivity index (χ0v) is 8.60. The fourth-order valence-corrected chi connectivity index (χ4v) is 1.16. The lowest BCUT2D eigenvalue weighted by Gasteiger charge is -2.25. The molecule has 20 heavy (non-hydrogen) atoms. The summed E-state index contributed by atoms with van der Waals surface area (Å²) in [5.41, 5.74) is 0. The van der Waals surface area contributed by atoms with Gasteiger partial charge in [-0.3, -0.25) is 0 Å². The Morgan fingerprint density at radius 2 is 1.30 bits per heavy atom. The van der Waals surface area contributed by atoms with Gasteiger partial charge >= 0.3 is 41.7 Å². The minimum absolute atomic E-state index is 0.377. The maximum absolute atomic E-state index is 13.4. The smallest absolute Gasteiger partial charge is 0.391 e. The fraction of sp³-hybridized carbons (Fsp3) is 0.571. The van der Waals surface area contributed by atoms with E-state index in [1.807, 2.05) is 0 Å². The topological polar surface area (TPSA) is 38.3 Å². The summed E-state index contributed by atoms with van der Waals surface area (Å²) in [6, 6.07) is -9.12. The summed E-state index contributed by atoms with van der Waals surface area (Å²) < 4.78 is 127. The average molecular weight is 321 g/mol. The largest absolute Gasteiger partial charge is 0.391 e. The second kappa shape index (κ2) is 4.23. The number of carbonyl (C=O) groups excluding carboxylic acids is 1. The summed E-state index contributed by atoms with van der Waals surface area (Å²) >= 11 is 0. The molecule has 0 aromatic rings. The van der Waals surface area contributed by atoms with Gasteiger partial charge in [-0.15, -0.1) is 0 Å². The van der Waals surface area contributed by atoms with E-state index in [1.54, 1.807) is 0 Å². The van der Waals surface area contributed by atoms with Crippen molar-refractivity contribution in [2.75, 3.05) is 0 Å². The van der Waals surface area contributed by atoms with E-state index in [0.717, 1.165) is 0 Å². The molecule has 0 saturated carbocycles. The highest BCUT2D eigenvalue weighted by atomic mass is 19.4. The quantitative estimate of drug-likeness (QED) is 0.368. The van der Waals surface area contributed by atoms with Crippen molar-refractivity contribution in [1.82, 2.24) is 5.32 Å². The van der Waals surface area contributed by atoms with Crippen molar-refractivity contribution in [3.8, 4) is 0 Å². The predicted octanol–water partition coefficient (Wildman–Crippen LogP) is 2.70. The van der Waals surface area contributed by atoms with E-state index < -0.39 is 41.7 Å². The highest BCUT2D eigenvalue weighted by Crippen LogP contribution is 2.57. The fourth-order valence-electron chi connectivity index (χ4n) is 1.16. The second-order valence-electron chi connectivity index (χ2n) is 3.43. The normalized spacial score (nSPS) is 29.9. The van der Waals surface area contributed by atoms with Gasteiger partial charge in [0.25, 0.3) is 0 Å². The Labute approximate surface area is 102 Å². The van der Waals surface area contributed by atoms with Gasteiger partial charge in [-0.2, -0.15) is 39.5 Å². The molecule has 0 aromatic heterocycles. The Hall–Kier alpha value is -1.53. The SMILES string of the molecule is O=C(OC(F)=C(F)F)[C@]1(F)NC(F)(F)C(F)(F)C1(F)F. The zero-order valence-electron chi connectivity index (χ0n) is 8.60. The zero-order chi connectivity index (χ0) is 16.1. The van der Waals surface area contributed by atoms with Crippen molar-refractivity contribution in [2.45, 2.75) is 23.7 Å². The van der Waals surface area contributed by atoms with Gasteiger partial charge in [0.15, 0.2) is 0 Å². The van der Waals surface area contributed by atoms with Crippen molar-refractivity contribution < 1.29 is 53.4 Å². The first-order valence-corrected chi connectivity index (χ1v) is 4.25. The molecule has 3 nitrogen and oxygen atoms in total. The number of hydrogen-bond donors (Lipinski definition) is 1. The van der Waals surface area contributed by atoms with E-state index in [1.165, 1.54) is 0 Å². The number of alkyl halides is 7. The van der Waals surface area contributed by atoms with E-state index in [-0.39, 0.29) is 5.32 Å². The van der Waals surface area contributed by atoms with Crippen LogP contribution in [0.4, 0.5) is 43.9 Å². The molecule has 1 aliphatic rings. The molecule has 1 saturated heterocycles. The minimum atomic E-state index is -6.40. The molecular weight excluding hydrogens is 320 g/mol. The molecule has 0 bridgehead atoms. The van der Waals surface area contributed by atoms with Crippen LogP contribution in [0, 0.1) is 0 Å². The molecule has 13 heteroatoms. The molecule has 1 N–H and O–H groups in total. The Bertz CT molecular complexity index is 470.